The molecule has 2 fully saturated rings. The van der Waals surface area contributed by atoms with E-state index in [1.807, 2.05) is 88.4 Å². The van der Waals surface area contributed by atoms with Gasteiger partial charge in [-0.05, 0) is 67.0 Å². The number of Topliss-reactive ketones (excluding diaryl/α,β-unsaturated/α-hetero) is 1. The van der Waals surface area contributed by atoms with Crippen molar-refractivity contribution < 1.29 is 48.0 Å². The van der Waals surface area contributed by atoms with E-state index >= 15 is 0 Å². The van der Waals surface area contributed by atoms with Crippen molar-refractivity contribution in [2.24, 2.45) is 39.9 Å². The zero-order chi connectivity index (χ0) is 39.6. The third-order valence-electron chi connectivity index (χ3n) is 12.2. The summed E-state index contributed by atoms with van der Waals surface area (Å²) in [5, 5.41) is 11.6. The lowest BCUT2D eigenvalue weighted by molar-refractivity contribution is -0.297. The van der Waals surface area contributed by atoms with Crippen molar-refractivity contribution in [3.05, 3.63) is 72.3 Å². The van der Waals surface area contributed by atoms with E-state index in [0.29, 0.717) is 18.4 Å². The fourth-order valence-corrected chi connectivity index (χ4v) is 12.2. The zero-order valence-corrected chi connectivity index (χ0v) is 33.9. The molecular formula is C42H52O10S2. The molecule has 0 aromatic heterocycles. The molecule has 0 saturated heterocycles. The fraction of sp³-hybridized carbons (Fsp3) is 0.548. The molecular weight excluding hydrogens is 729 g/mol. The summed E-state index contributed by atoms with van der Waals surface area (Å²) in [7, 11) is 0. The standard InChI is InChI=1S/C42H52O10S2/c1-24(2)42(23-49-38(48)39(53-29-15-11-9-12-16-29)54-30-17-13-10-14-18-30)32(22-43)40(7)20-19-31-34(47)25(3)21-33(50-26(4)44)41(31,8)36(40)35(51-27(5)45)37(42)52-28(6)46/h9-18,21,24,31-33,35-37,39,43H,19-20,22-23H2,1-8H3. The van der Waals surface area contributed by atoms with Gasteiger partial charge in [0.15, 0.2) is 10.4 Å². The van der Waals surface area contributed by atoms with E-state index < -0.39 is 93.3 Å². The maximum atomic E-state index is 14.3. The van der Waals surface area contributed by atoms with Crippen molar-refractivity contribution in [1.82, 2.24) is 0 Å². The molecule has 2 saturated carbocycles. The molecule has 0 aliphatic heterocycles. The molecule has 3 aliphatic carbocycles. The van der Waals surface area contributed by atoms with E-state index in [4.69, 9.17) is 18.9 Å². The van der Waals surface area contributed by atoms with E-state index in [9.17, 15) is 29.1 Å². The average Bonchev–Trinajstić information content (AvgIpc) is 3.10. The number of benzene rings is 2. The van der Waals surface area contributed by atoms with E-state index in [1.165, 1.54) is 44.3 Å². The third-order valence-corrected chi connectivity index (χ3v) is 14.7. The van der Waals surface area contributed by atoms with Gasteiger partial charge < -0.3 is 24.1 Å². The van der Waals surface area contributed by atoms with Gasteiger partial charge in [0.25, 0.3) is 0 Å². The predicted molar refractivity (Wildman–Crippen MR) is 205 cm³/mol. The number of ketones is 1. The van der Waals surface area contributed by atoms with Crippen LogP contribution in [0.2, 0.25) is 0 Å². The van der Waals surface area contributed by atoms with Gasteiger partial charge in [0, 0.05) is 60.3 Å². The number of aliphatic hydroxyl groups is 1. The van der Waals surface area contributed by atoms with Crippen LogP contribution in [0.1, 0.15) is 68.2 Å². The molecule has 1 N–H and O–H groups in total. The quantitative estimate of drug-likeness (QED) is 0.102. The summed E-state index contributed by atoms with van der Waals surface area (Å²) in [6.45, 7) is 12.6. The maximum Gasteiger partial charge on any atom is 0.330 e. The highest BCUT2D eigenvalue weighted by Gasteiger charge is 2.74. The summed E-state index contributed by atoms with van der Waals surface area (Å²) in [6, 6.07) is 19.1. The summed E-state index contributed by atoms with van der Waals surface area (Å²) in [6.07, 6.45) is -0.777. The van der Waals surface area contributed by atoms with Crippen LogP contribution in [0.15, 0.2) is 82.1 Å². The minimum Gasteiger partial charge on any atom is -0.463 e. The number of allylic oxidation sites excluding steroid dienone is 1. The molecule has 2 aromatic rings. The van der Waals surface area contributed by atoms with Crippen LogP contribution in [0, 0.1) is 39.9 Å². The highest BCUT2D eigenvalue weighted by molar-refractivity contribution is 8.18. The van der Waals surface area contributed by atoms with Gasteiger partial charge in [-0.3, -0.25) is 19.2 Å². The molecule has 0 heterocycles. The summed E-state index contributed by atoms with van der Waals surface area (Å²) in [4.78, 5) is 68.9. The topological polar surface area (TPSA) is 143 Å². The van der Waals surface area contributed by atoms with Gasteiger partial charge in [0.1, 0.15) is 24.9 Å². The predicted octanol–water partition coefficient (Wildman–Crippen LogP) is 7.07. The first kappa shape index (κ1) is 41.6. The van der Waals surface area contributed by atoms with Gasteiger partial charge in [-0.25, -0.2) is 4.79 Å². The SMILES string of the molecule is CC(=O)OC1C2C(C)(CCC3C(=O)C(C)=CC(OC(C)=O)C32C)C(CO)C(COC(=O)C(Sc2ccccc2)Sc2ccccc2)(C(C)C)C1OC(C)=O. The Morgan fingerprint density at radius 2 is 1.39 bits per heavy atom. The van der Waals surface area contributed by atoms with Crippen LogP contribution in [0.4, 0.5) is 0 Å². The monoisotopic (exact) mass is 780 g/mol. The van der Waals surface area contributed by atoms with Crippen molar-refractivity contribution in [3.8, 4) is 0 Å². The largest absolute Gasteiger partial charge is 0.463 e. The number of hydrogen-bond donors (Lipinski definition) is 1. The molecule has 12 heteroatoms. The first-order valence-corrected chi connectivity index (χ1v) is 20.2. The van der Waals surface area contributed by atoms with Crippen LogP contribution in [-0.2, 0) is 42.9 Å². The highest BCUT2D eigenvalue weighted by atomic mass is 32.2. The molecule has 0 radical (unpaired) electrons. The minimum atomic E-state index is -1.27. The maximum absolute atomic E-state index is 14.3. The van der Waals surface area contributed by atoms with Crippen LogP contribution in [0.25, 0.3) is 0 Å². The first-order chi connectivity index (χ1) is 25.5. The van der Waals surface area contributed by atoms with Crippen LogP contribution >= 0.6 is 23.5 Å². The Morgan fingerprint density at radius 3 is 1.87 bits per heavy atom. The Bertz CT molecular complexity index is 1710. The number of aliphatic hydroxyl groups excluding tert-OH is 1. The second-order valence-electron chi connectivity index (χ2n) is 15.6. The summed E-state index contributed by atoms with van der Waals surface area (Å²) < 4.78 is 24.1. The Hall–Kier alpha value is -3.61. The van der Waals surface area contributed by atoms with E-state index in [2.05, 4.69) is 0 Å². The number of ether oxygens (including phenoxy) is 4. The lowest BCUT2D eigenvalue weighted by atomic mass is 9.36. The van der Waals surface area contributed by atoms with Crippen LogP contribution in [-0.4, -0.2) is 70.9 Å². The lowest BCUT2D eigenvalue weighted by Gasteiger charge is -2.69. The fourth-order valence-electron chi connectivity index (χ4n) is 9.92. The van der Waals surface area contributed by atoms with Gasteiger partial charge in [-0.15, -0.1) is 0 Å². The molecule has 292 valence electrons. The van der Waals surface area contributed by atoms with Crippen molar-refractivity contribution in [1.29, 1.82) is 0 Å². The number of esters is 4. The Balaban J connectivity index is 1.65. The summed E-state index contributed by atoms with van der Waals surface area (Å²) in [5.41, 5.74) is -2.83. The average molecular weight is 781 g/mol. The normalized spacial score (nSPS) is 31.8. The van der Waals surface area contributed by atoms with Gasteiger partial charge in [-0.2, -0.15) is 0 Å². The van der Waals surface area contributed by atoms with Gasteiger partial charge in [0.2, 0.25) is 0 Å². The third kappa shape index (κ3) is 7.75. The number of carbonyl (C=O) groups excluding carboxylic acids is 5. The Kier molecular flexibility index (Phi) is 12.8. The highest BCUT2D eigenvalue weighted by Crippen LogP contribution is 2.70. The smallest absolute Gasteiger partial charge is 0.330 e. The molecule has 5 rings (SSSR count). The van der Waals surface area contributed by atoms with Gasteiger partial charge in [0.05, 0.1) is 5.41 Å². The van der Waals surface area contributed by atoms with Crippen LogP contribution in [0.5, 0.6) is 0 Å². The molecule has 2 aromatic carbocycles. The van der Waals surface area contributed by atoms with Crippen molar-refractivity contribution in [2.45, 2.75) is 101 Å². The summed E-state index contributed by atoms with van der Waals surface area (Å²) in [5.74, 6) is -4.90. The first-order valence-electron chi connectivity index (χ1n) is 18.5. The van der Waals surface area contributed by atoms with Crippen LogP contribution < -0.4 is 0 Å². The molecule has 10 nitrogen and oxygen atoms in total. The van der Waals surface area contributed by atoms with Crippen molar-refractivity contribution >= 4 is 53.2 Å². The summed E-state index contributed by atoms with van der Waals surface area (Å²) >= 11 is 2.71. The number of carbonyl (C=O) groups is 5. The lowest BCUT2D eigenvalue weighted by Crippen LogP contribution is -2.75. The Morgan fingerprint density at radius 1 is 0.852 bits per heavy atom. The number of hydrogen-bond acceptors (Lipinski definition) is 12. The molecule has 0 bridgehead atoms. The van der Waals surface area contributed by atoms with Gasteiger partial charge >= 0.3 is 23.9 Å². The molecule has 9 atom stereocenters. The minimum absolute atomic E-state index is 0.0957. The second kappa shape index (κ2) is 16.6. The van der Waals surface area contributed by atoms with E-state index in [1.54, 1.807) is 13.0 Å². The zero-order valence-electron chi connectivity index (χ0n) is 32.2. The Labute approximate surface area is 326 Å². The van der Waals surface area contributed by atoms with E-state index in [-0.39, 0.29) is 12.4 Å². The molecule has 54 heavy (non-hydrogen) atoms. The van der Waals surface area contributed by atoms with Crippen LogP contribution in [0.3, 0.4) is 0 Å². The molecule has 0 amide bonds. The molecule has 3 aliphatic rings. The number of fused-ring (bicyclic) bond motifs is 3. The number of rotatable bonds is 12. The molecule has 0 spiro atoms. The van der Waals surface area contributed by atoms with E-state index in [0.717, 1.165) is 9.79 Å². The van der Waals surface area contributed by atoms with Crippen molar-refractivity contribution in [2.75, 3.05) is 13.2 Å². The van der Waals surface area contributed by atoms with Gasteiger partial charge in [-0.1, -0.05) is 87.6 Å². The second-order valence-corrected chi connectivity index (χ2v) is 18.2. The molecule has 9 unspecified atom stereocenters. The number of thioether (sulfide) groups is 2. The van der Waals surface area contributed by atoms with Crippen molar-refractivity contribution in [3.63, 3.8) is 0 Å².